The van der Waals surface area contributed by atoms with Gasteiger partial charge >= 0.3 is 12.3 Å². The van der Waals surface area contributed by atoms with Crippen LogP contribution in [0, 0.1) is 11.2 Å². The fourth-order valence-corrected chi connectivity index (χ4v) is 7.49. The van der Waals surface area contributed by atoms with Crippen LogP contribution in [0.5, 0.6) is 5.75 Å². The van der Waals surface area contributed by atoms with Crippen molar-refractivity contribution in [2.24, 2.45) is 5.41 Å². The maximum absolute atomic E-state index is 14.2. The molecule has 4 aliphatic rings. The number of carbonyl (C=O) groups is 1. The molecule has 2 atom stereocenters. The largest absolute Gasteiger partial charge is 0.573 e. The summed E-state index contributed by atoms with van der Waals surface area (Å²) in [6.07, 6.45) is 2.58. The second kappa shape index (κ2) is 10.00. The van der Waals surface area contributed by atoms with E-state index in [0.717, 1.165) is 57.4 Å². The number of alkyl halides is 3. The number of rotatable bonds is 8. The maximum atomic E-state index is 14.2. The molecule has 2 aromatic carbocycles. The number of ether oxygens (including phenoxy) is 2. The number of aromatic nitrogens is 1. The van der Waals surface area contributed by atoms with Gasteiger partial charge in [0.2, 0.25) is 0 Å². The number of anilines is 1. The van der Waals surface area contributed by atoms with Crippen LogP contribution in [0.4, 0.5) is 23.2 Å². The number of hydrogen-bond acceptors (Lipinski definition) is 6. The lowest BCUT2D eigenvalue weighted by atomic mass is 9.59. The number of nitrogens with zero attached hydrogens (tertiary/aromatic N) is 2. The van der Waals surface area contributed by atoms with Crippen molar-refractivity contribution in [3.05, 3.63) is 65.2 Å². The Hall–Kier alpha value is -3.60. The minimum Gasteiger partial charge on any atom is -0.478 e. The monoisotopic (exact) mass is 586 g/mol. The van der Waals surface area contributed by atoms with Crippen LogP contribution in [0.25, 0.3) is 11.3 Å². The molecule has 2 unspecified atom stereocenters. The van der Waals surface area contributed by atoms with E-state index < -0.39 is 18.1 Å². The molecule has 2 aliphatic heterocycles. The van der Waals surface area contributed by atoms with E-state index in [9.17, 15) is 27.5 Å². The van der Waals surface area contributed by atoms with Crippen LogP contribution < -0.4 is 9.64 Å². The number of piperidine rings is 1. The zero-order valence-corrected chi connectivity index (χ0v) is 22.7. The van der Waals surface area contributed by atoms with E-state index in [1.165, 1.54) is 18.2 Å². The van der Waals surface area contributed by atoms with Crippen LogP contribution in [-0.2, 0) is 11.3 Å². The molecule has 42 heavy (non-hydrogen) atoms. The van der Waals surface area contributed by atoms with Crippen LogP contribution in [0.3, 0.4) is 0 Å². The van der Waals surface area contributed by atoms with Crippen LogP contribution in [0.15, 0.2) is 47.0 Å². The summed E-state index contributed by atoms with van der Waals surface area (Å²) in [4.78, 5) is 13.7. The molecule has 7 nitrogen and oxygen atoms in total. The molecule has 1 N–H and O–H groups in total. The molecule has 3 heterocycles. The molecule has 1 aromatic heterocycles. The Kier molecular flexibility index (Phi) is 6.49. The van der Waals surface area contributed by atoms with E-state index >= 15 is 0 Å². The van der Waals surface area contributed by atoms with E-state index in [-0.39, 0.29) is 53.0 Å². The SMILES string of the molecule is O=C(O)c1cc(F)cc(N2C3CCC2CC2(CC(OCc4c(-c5ccccc5OC(F)(F)F)noc4C4CC4)C2)C3)c1. The maximum Gasteiger partial charge on any atom is 0.573 e. The number of aromatic carboxylic acids is 1. The number of benzene rings is 2. The highest BCUT2D eigenvalue weighted by Crippen LogP contribution is 2.58. The van der Waals surface area contributed by atoms with Crippen LogP contribution in [-0.4, -0.2) is 40.8 Å². The molecule has 1 spiro atoms. The molecule has 2 bridgehead atoms. The van der Waals surface area contributed by atoms with Crippen molar-refractivity contribution < 1.29 is 41.5 Å². The third-order valence-electron chi connectivity index (χ3n) is 9.30. The van der Waals surface area contributed by atoms with Crippen LogP contribution >= 0.6 is 0 Å². The quantitative estimate of drug-likeness (QED) is 0.275. The first-order valence-corrected chi connectivity index (χ1v) is 14.3. The van der Waals surface area contributed by atoms with E-state index in [0.29, 0.717) is 22.7 Å². The molecule has 7 rings (SSSR count). The van der Waals surface area contributed by atoms with E-state index in [1.54, 1.807) is 18.2 Å². The van der Waals surface area contributed by atoms with Crippen molar-refractivity contribution in [2.45, 2.75) is 88.4 Å². The van der Waals surface area contributed by atoms with Gasteiger partial charge in [-0.2, -0.15) is 0 Å². The molecule has 11 heteroatoms. The number of hydrogen-bond donors (Lipinski definition) is 1. The molecule has 0 radical (unpaired) electrons. The van der Waals surface area contributed by atoms with Crippen LogP contribution in [0.1, 0.15) is 79.0 Å². The first kappa shape index (κ1) is 27.2. The van der Waals surface area contributed by atoms with E-state index in [2.05, 4.69) is 14.8 Å². The second-order valence-electron chi connectivity index (χ2n) is 12.2. The van der Waals surface area contributed by atoms with Gasteiger partial charge in [0.25, 0.3) is 0 Å². The normalized spacial score (nSPS) is 26.9. The third kappa shape index (κ3) is 5.12. The standard InChI is InChI=1S/C31H30F4N2O5/c32-19-9-18(29(38)39)10-22(11-19)37-20-7-8-21(37)13-30(12-20)14-23(15-30)40-16-25-27(36-42-28(25)17-5-6-17)24-3-1-2-4-26(24)41-31(33,34)35/h1-4,9-11,17,20-21,23H,5-8,12-16H2,(H,38,39). The lowest BCUT2D eigenvalue weighted by molar-refractivity contribution is -0.274. The number of carboxylic acids is 1. The molecule has 2 aliphatic carbocycles. The third-order valence-corrected chi connectivity index (χ3v) is 9.30. The van der Waals surface area contributed by atoms with Crippen LogP contribution in [0.2, 0.25) is 0 Å². The Morgan fingerprint density at radius 2 is 1.76 bits per heavy atom. The van der Waals surface area contributed by atoms with Gasteiger partial charge < -0.3 is 24.0 Å². The summed E-state index contributed by atoms with van der Waals surface area (Å²) in [7, 11) is 0. The lowest BCUT2D eigenvalue weighted by Gasteiger charge is -2.55. The molecular weight excluding hydrogens is 556 g/mol. The zero-order valence-electron chi connectivity index (χ0n) is 22.7. The number of carboxylic acid groups (broad SMARTS) is 1. The Morgan fingerprint density at radius 1 is 1.05 bits per heavy atom. The smallest absolute Gasteiger partial charge is 0.478 e. The second-order valence-corrected chi connectivity index (χ2v) is 12.2. The first-order chi connectivity index (χ1) is 20.1. The molecule has 222 valence electrons. The van der Waals surface area contributed by atoms with Gasteiger partial charge in [0, 0.05) is 34.8 Å². The Morgan fingerprint density at radius 3 is 2.43 bits per heavy atom. The fraction of sp³-hybridized carbons (Fsp3) is 0.484. The van der Waals surface area contributed by atoms with E-state index in [1.807, 2.05) is 0 Å². The van der Waals surface area contributed by atoms with Gasteiger partial charge in [-0.05, 0) is 87.1 Å². The minimum atomic E-state index is -4.84. The predicted molar refractivity (Wildman–Crippen MR) is 143 cm³/mol. The topological polar surface area (TPSA) is 85.0 Å². The van der Waals surface area contributed by atoms with Gasteiger partial charge in [-0.15, -0.1) is 13.2 Å². The van der Waals surface area contributed by atoms with Crippen molar-refractivity contribution >= 4 is 11.7 Å². The van der Waals surface area contributed by atoms with Gasteiger partial charge in [0.15, 0.2) is 0 Å². The Bertz CT molecular complexity index is 1500. The van der Waals surface area contributed by atoms with Crippen molar-refractivity contribution in [3.8, 4) is 17.0 Å². The summed E-state index contributed by atoms with van der Waals surface area (Å²) in [5.74, 6) is -1.16. The molecular formula is C31H30F4N2O5. The molecule has 4 fully saturated rings. The van der Waals surface area contributed by atoms with Gasteiger partial charge in [0.1, 0.15) is 23.0 Å². The van der Waals surface area contributed by atoms with Crippen molar-refractivity contribution in [3.63, 3.8) is 0 Å². The number of para-hydroxylation sites is 1. The summed E-state index contributed by atoms with van der Waals surface area (Å²) < 4.78 is 69.7. The number of halogens is 4. The average molecular weight is 587 g/mol. The predicted octanol–water partition coefficient (Wildman–Crippen LogP) is 7.45. The minimum absolute atomic E-state index is 0.000190. The fourth-order valence-electron chi connectivity index (χ4n) is 7.49. The zero-order chi connectivity index (χ0) is 29.2. The van der Waals surface area contributed by atoms with Gasteiger partial charge in [0.05, 0.1) is 18.3 Å². The highest BCUT2D eigenvalue weighted by Gasteiger charge is 2.54. The molecule has 2 saturated carbocycles. The highest BCUT2D eigenvalue weighted by atomic mass is 19.4. The van der Waals surface area contributed by atoms with Gasteiger partial charge in [-0.1, -0.05) is 17.3 Å². The van der Waals surface area contributed by atoms with Crippen molar-refractivity contribution in [1.82, 2.24) is 5.16 Å². The van der Waals surface area contributed by atoms with E-state index in [4.69, 9.17) is 9.26 Å². The Balaban J connectivity index is 1.04. The summed E-state index contributed by atoms with van der Waals surface area (Å²) in [5.41, 5.74) is 1.89. The first-order valence-electron chi connectivity index (χ1n) is 14.3. The molecule has 0 amide bonds. The highest BCUT2D eigenvalue weighted by molar-refractivity contribution is 5.89. The van der Waals surface area contributed by atoms with Crippen molar-refractivity contribution in [1.29, 1.82) is 0 Å². The summed E-state index contributed by atoms with van der Waals surface area (Å²) in [6.45, 7) is 0.187. The summed E-state index contributed by atoms with van der Waals surface area (Å²) in [6, 6.07) is 10.4. The van der Waals surface area contributed by atoms with Crippen molar-refractivity contribution in [2.75, 3.05) is 4.90 Å². The molecule has 3 aromatic rings. The lowest BCUT2D eigenvalue weighted by Crippen LogP contribution is -2.54. The molecule has 2 saturated heterocycles. The summed E-state index contributed by atoms with van der Waals surface area (Å²) >= 11 is 0. The Labute approximate surface area is 239 Å². The van der Waals surface area contributed by atoms with Gasteiger partial charge in [-0.3, -0.25) is 0 Å². The average Bonchev–Trinajstić information content (AvgIpc) is 3.61. The number of fused-ring (bicyclic) bond motifs is 2. The summed E-state index contributed by atoms with van der Waals surface area (Å²) in [5, 5.41) is 13.5. The van der Waals surface area contributed by atoms with Gasteiger partial charge in [-0.25, -0.2) is 9.18 Å².